The van der Waals surface area contributed by atoms with Gasteiger partial charge >= 0.3 is 5.97 Å². The Kier molecular flexibility index (Phi) is 23.3. The Balaban J connectivity index is 1.53. The third-order valence-corrected chi connectivity index (χ3v) is 14.4. The SMILES string of the molecule is CCC(C)[C@H](NC(=O)C(O)Cc1ccc(O)cc1)C(=O)NC(CCO)C(=O)N[C@@H]1C(=O)NC(CCO)C(=O)NC2CCC(O)N(C2=O)[C@@H](Cc2ccccc2)C(=O)N(C)C(Cc2ccc(O)cc2)C(=O)N[C@@H](C(C)C)C(=O)O[C@@H]1C. The summed E-state index contributed by atoms with van der Waals surface area (Å²) in [5.41, 5.74) is 1.53. The van der Waals surface area contributed by atoms with Crippen LogP contribution in [0.2, 0.25) is 0 Å². The largest absolute Gasteiger partial charge is 0.508 e. The van der Waals surface area contributed by atoms with Gasteiger partial charge in [-0.05, 0) is 85.4 Å². The van der Waals surface area contributed by atoms with Gasteiger partial charge in [0, 0.05) is 39.5 Å². The molecule has 80 heavy (non-hydrogen) atoms. The number of carbonyl (C=O) groups excluding carboxylic acids is 9. The van der Waals surface area contributed by atoms with Crippen molar-refractivity contribution < 1.29 is 78.5 Å². The number of rotatable bonds is 19. The first-order valence-corrected chi connectivity index (χ1v) is 26.8. The highest BCUT2D eigenvalue weighted by molar-refractivity contribution is 5.99. The first kappa shape index (κ1) is 63.2. The molecular formula is C56H76N8O16. The number of benzene rings is 3. The molecule has 2 bridgehead atoms. The number of phenolic OH excluding ortho intramolecular Hbond substituents is 2. The fourth-order valence-corrected chi connectivity index (χ4v) is 9.40. The molecule has 0 aliphatic carbocycles. The van der Waals surface area contributed by atoms with Crippen molar-refractivity contribution in [2.24, 2.45) is 11.8 Å². The van der Waals surface area contributed by atoms with Gasteiger partial charge < -0.3 is 77.1 Å². The number of amides is 8. The zero-order chi connectivity index (χ0) is 59.0. The minimum absolute atomic E-state index is 0.0304. The van der Waals surface area contributed by atoms with Crippen molar-refractivity contribution in [3.8, 4) is 11.5 Å². The molecule has 24 nitrogen and oxygen atoms in total. The minimum atomic E-state index is -1.93. The van der Waals surface area contributed by atoms with Gasteiger partial charge in [-0.1, -0.05) is 88.7 Å². The van der Waals surface area contributed by atoms with Crippen LogP contribution < -0.4 is 31.9 Å². The van der Waals surface area contributed by atoms with Crippen LogP contribution >= 0.6 is 0 Å². The van der Waals surface area contributed by atoms with Crippen LogP contribution in [0, 0.1) is 11.8 Å². The number of fused-ring (bicyclic) bond motifs is 2. The van der Waals surface area contributed by atoms with Gasteiger partial charge in [-0.15, -0.1) is 0 Å². The molecule has 12 N–H and O–H groups in total. The van der Waals surface area contributed by atoms with E-state index in [2.05, 4.69) is 31.9 Å². The summed E-state index contributed by atoms with van der Waals surface area (Å²) < 4.78 is 5.86. The second kappa shape index (κ2) is 29.5. The lowest BCUT2D eigenvalue weighted by atomic mass is 9.95. The van der Waals surface area contributed by atoms with Crippen LogP contribution in [-0.4, -0.2) is 181 Å². The van der Waals surface area contributed by atoms with Crippen molar-refractivity contribution in [1.29, 1.82) is 0 Å². The molecule has 0 aromatic heterocycles. The number of nitrogens with zero attached hydrogens (tertiary/aromatic N) is 2. The third kappa shape index (κ3) is 16.9. The topological polar surface area (TPSA) is 363 Å². The van der Waals surface area contributed by atoms with Crippen LogP contribution in [0.5, 0.6) is 11.5 Å². The Bertz CT molecular complexity index is 2630. The van der Waals surface area contributed by atoms with Crippen LogP contribution in [-0.2, 0) is 67.2 Å². The Morgan fingerprint density at radius 1 is 0.713 bits per heavy atom. The predicted octanol–water partition coefficient (Wildman–Crippen LogP) is -1.06. The van der Waals surface area contributed by atoms with E-state index in [-0.39, 0.29) is 43.6 Å². The minimum Gasteiger partial charge on any atom is -0.508 e. The van der Waals surface area contributed by atoms with Crippen molar-refractivity contribution in [2.75, 3.05) is 20.3 Å². The van der Waals surface area contributed by atoms with Crippen molar-refractivity contribution in [1.82, 2.24) is 41.7 Å². The van der Waals surface area contributed by atoms with Crippen LogP contribution in [0.1, 0.15) is 83.4 Å². The molecular weight excluding hydrogens is 1040 g/mol. The highest BCUT2D eigenvalue weighted by Gasteiger charge is 2.46. The summed E-state index contributed by atoms with van der Waals surface area (Å²) in [5.74, 6) is -10.3. The van der Waals surface area contributed by atoms with E-state index < -0.39 is 158 Å². The van der Waals surface area contributed by atoms with Crippen LogP contribution in [0.25, 0.3) is 0 Å². The molecule has 0 saturated carbocycles. The molecule has 2 fully saturated rings. The van der Waals surface area contributed by atoms with E-state index in [4.69, 9.17) is 4.74 Å². The van der Waals surface area contributed by atoms with E-state index in [0.29, 0.717) is 23.1 Å². The summed E-state index contributed by atoms with van der Waals surface area (Å²) in [6, 6.07) is 7.70. The van der Waals surface area contributed by atoms with Gasteiger partial charge in [-0.25, -0.2) is 4.79 Å². The van der Waals surface area contributed by atoms with Gasteiger partial charge in [0.1, 0.15) is 78.3 Å². The third-order valence-electron chi connectivity index (χ3n) is 14.4. The van der Waals surface area contributed by atoms with E-state index in [0.717, 1.165) is 9.80 Å². The normalized spacial score (nSPS) is 24.1. The number of nitrogens with one attached hydrogen (secondary N) is 6. The quantitative estimate of drug-likeness (QED) is 0.0637. The zero-order valence-electron chi connectivity index (χ0n) is 45.7. The summed E-state index contributed by atoms with van der Waals surface area (Å²) in [7, 11) is 1.32. The lowest BCUT2D eigenvalue weighted by Crippen LogP contribution is -2.65. The van der Waals surface area contributed by atoms with E-state index in [1.54, 1.807) is 58.0 Å². The maximum absolute atomic E-state index is 15.1. The number of likely N-dealkylation sites (N-methyl/N-ethyl adjacent to an activating group) is 1. The average Bonchev–Trinajstić information content (AvgIpc) is 3.42. The molecule has 24 heteroatoms. The molecule has 0 spiro atoms. The summed E-state index contributed by atoms with van der Waals surface area (Å²) in [6.07, 6.45) is -6.28. The first-order chi connectivity index (χ1) is 38.0. The number of hydrogen-bond acceptors (Lipinski definition) is 16. The molecule has 436 valence electrons. The summed E-state index contributed by atoms with van der Waals surface area (Å²) in [4.78, 5) is 131. The molecule has 5 rings (SSSR count). The highest BCUT2D eigenvalue weighted by Crippen LogP contribution is 2.26. The van der Waals surface area contributed by atoms with Gasteiger partial charge in [-0.2, -0.15) is 0 Å². The van der Waals surface area contributed by atoms with Crippen molar-refractivity contribution in [3.05, 3.63) is 95.6 Å². The number of cyclic esters (lactones) is 1. The van der Waals surface area contributed by atoms with Crippen molar-refractivity contribution in [2.45, 2.75) is 153 Å². The fraction of sp³-hybridized carbons (Fsp3) is 0.518. The molecule has 2 aliphatic rings. The summed E-state index contributed by atoms with van der Waals surface area (Å²) >= 11 is 0. The standard InChI is InChI=1S/C56H76N8O16/c1-7-31(4)46(61-51(74)43(69)29-35-15-19-37(68)20-16-35)52(75)57-39(24-26-66)49(72)62-47-32(5)80-56(79)45(30(2)3)60-50(73)41(27-34-13-17-36(67)18-14-34)63(6)55(78)42(28-33-11-9-8-10-12-33)64-44(70)22-21-40(54(64)77)59-48(71)38(23-25-65)58-53(47)76/h8-20,30-32,38-47,65-70H,7,21-29H2,1-6H3,(H,57,75)(H,58,76)(H,59,71)(H,60,73)(H,61,74)(H,62,72)/t31?,32-,38?,39?,40?,41?,42+,43?,44?,45+,46+,47+/m1/s1. The smallest absolute Gasteiger partial charge is 0.329 e. The Morgan fingerprint density at radius 3 is 1.90 bits per heavy atom. The van der Waals surface area contributed by atoms with Crippen LogP contribution in [0.4, 0.5) is 0 Å². The Hall–Kier alpha value is -7.67. The van der Waals surface area contributed by atoms with E-state index in [1.807, 2.05) is 0 Å². The average molecular weight is 1120 g/mol. The number of piperidine rings is 1. The Morgan fingerprint density at radius 2 is 1.31 bits per heavy atom. The molecule has 2 aliphatic heterocycles. The van der Waals surface area contributed by atoms with E-state index >= 15 is 4.79 Å². The molecule has 8 amide bonds. The lowest BCUT2D eigenvalue weighted by molar-refractivity contribution is -0.165. The van der Waals surface area contributed by atoms with Gasteiger partial charge in [0.05, 0.1) is 0 Å². The zero-order valence-corrected chi connectivity index (χ0v) is 45.7. The number of aromatic hydroxyl groups is 2. The Labute approximate surface area is 464 Å². The maximum Gasteiger partial charge on any atom is 0.329 e. The molecule has 0 radical (unpaired) electrons. The van der Waals surface area contributed by atoms with Crippen LogP contribution in [0.3, 0.4) is 0 Å². The molecule has 12 atom stereocenters. The lowest BCUT2D eigenvalue weighted by Gasteiger charge is -2.43. The number of hydrogen-bond donors (Lipinski definition) is 12. The van der Waals surface area contributed by atoms with Gasteiger partial charge in [-0.3, -0.25) is 38.4 Å². The second-order valence-corrected chi connectivity index (χ2v) is 20.7. The molecule has 2 heterocycles. The predicted molar refractivity (Wildman–Crippen MR) is 287 cm³/mol. The second-order valence-electron chi connectivity index (χ2n) is 20.7. The van der Waals surface area contributed by atoms with Crippen LogP contribution in [0.15, 0.2) is 78.9 Å². The van der Waals surface area contributed by atoms with E-state index in [1.165, 1.54) is 62.5 Å². The molecule has 2 saturated heterocycles. The van der Waals surface area contributed by atoms with Gasteiger partial charge in [0.25, 0.3) is 0 Å². The van der Waals surface area contributed by atoms with Gasteiger partial charge in [0.15, 0.2) is 0 Å². The maximum atomic E-state index is 15.1. The summed E-state index contributed by atoms with van der Waals surface area (Å²) in [6.45, 7) is 6.33. The number of aliphatic hydroxyl groups is 4. The number of ether oxygens (including phenoxy) is 1. The summed E-state index contributed by atoms with van der Waals surface area (Å²) in [5, 5.41) is 77.6. The number of phenols is 2. The number of aliphatic hydroxyl groups excluding tert-OH is 4. The van der Waals surface area contributed by atoms with Gasteiger partial charge in [0.2, 0.25) is 47.3 Å². The fourth-order valence-electron chi connectivity index (χ4n) is 9.40. The highest BCUT2D eigenvalue weighted by atomic mass is 16.5. The van der Waals surface area contributed by atoms with E-state index in [9.17, 15) is 69.0 Å². The monoisotopic (exact) mass is 1120 g/mol. The van der Waals surface area contributed by atoms with Crippen molar-refractivity contribution >= 4 is 53.2 Å². The number of carbonyl (C=O) groups is 9. The number of esters is 1. The molecule has 3 aromatic carbocycles. The first-order valence-electron chi connectivity index (χ1n) is 26.8. The van der Waals surface area contributed by atoms with Crippen molar-refractivity contribution in [3.63, 3.8) is 0 Å². The molecule has 3 aromatic rings. The molecule has 7 unspecified atom stereocenters.